The molecule has 2 aromatic rings. The number of nitrogens with zero attached hydrogens (tertiary/aromatic N) is 2. The summed E-state index contributed by atoms with van der Waals surface area (Å²) in [6.45, 7) is 6.61. The number of ether oxygens (including phenoxy) is 1. The van der Waals surface area contributed by atoms with Gasteiger partial charge in [0.1, 0.15) is 5.60 Å². The Morgan fingerprint density at radius 3 is 2.45 bits per heavy atom. The van der Waals surface area contributed by atoms with Crippen LogP contribution in [0.1, 0.15) is 31.9 Å². The third-order valence-corrected chi connectivity index (χ3v) is 2.86. The Bertz CT molecular complexity index is 626. The Labute approximate surface area is 130 Å². The summed E-state index contributed by atoms with van der Waals surface area (Å²) in [5.41, 5.74) is 7.92. The quantitative estimate of drug-likeness (QED) is 0.909. The van der Waals surface area contributed by atoms with Gasteiger partial charge in [-0.15, -0.1) is 0 Å². The molecule has 22 heavy (non-hydrogen) atoms. The summed E-state index contributed by atoms with van der Waals surface area (Å²) in [4.78, 5) is 11.6. The Kier molecular flexibility index (Phi) is 4.70. The Morgan fingerprint density at radius 1 is 1.27 bits per heavy atom. The summed E-state index contributed by atoms with van der Waals surface area (Å²) in [6, 6.07) is 7.95. The summed E-state index contributed by atoms with van der Waals surface area (Å²) in [7, 11) is 0. The van der Waals surface area contributed by atoms with Crippen molar-refractivity contribution in [1.82, 2.24) is 15.1 Å². The van der Waals surface area contributed by atoms with Crippen molar-refractivity contribution in [2.45, 2.75) is 39.5 Å². The van der Waals surface area contributed by atoms with E-state index >= 15 is 0 Å². The normalized spacial score (nSPS) is 11.2. The van der Waals surface area contributed by atoms with Crippen LogP contribution in [-0.2, 0) is 17.8 Å². The fraction of sp³-hybridized carbons (Fsp3) is 0.375. The highest BCUT2D eigenvalue weighted by atomic mass is 16.6. The van der Waals surface area contributed by atoms with Crippen LogP contribution in [0.3, 0.4) is 0 Å². The molecule has 118 valence electrons. The third kappa shape index (κ3) is 5.12. The molecule has 0 aliphatic carbocycles. The molecule has 2 rings (SSSR count). The minimum Gasteiger partial charge on any atom is -0.444 e. The van der Waals surface area contributed by atoms with Crippen molar-refractivity contribution in [1.29, 1.82) is 0 Å². The van der Waals surface area contributed by atoms with Crippen molar-refractivity contribution in [2.24, 2.45) is 0 Å². The molecule has 0 spiro atoms. The molecule has 0 atom stereocenters. The van der Waals surface area contributed by atoms with E-state index in [2.05, 4.69) is 10.4 Å². The van der Waals surface area contributed by atoms with Gasteiger partial charge in [-0.05, 0) is 31.9 Å². The number of amides is 1. The number of nitrogen functional groups attached to an aromatic ring is 1. The van der Waals surface area contributed by atoms with Crippen LogP contribution in [0, 0.1) is 0 Å². The maximum absolute atomic E-state index is 11.6. The fourth-order valence-electron chi connectivity index (χ4n) is 1.90. The topological polar surface area (TPSA) is 82.2 Å². The highest BCUT2D eigenvalue weighted by Crippen LogP contribution is 2.09. The summed E-state index contributed by atoms with van der Waals surface area (Å²) >= 11 is 0. The smallest absolute Gasteiger partial charge is 0.407 e. The number of nitrogens with two attached hydrogens (primary N) is 1. The van der Waals surface area contributed by atoms with Crippen LogP contribution in [0.25, 0.3) is 0 Å². The van der Waals surface area contributed by atoms with E-state index in [0.717, 1.165) is 11.1 Å². The van der Waals surface area contributed by atoms with Crippen LogP contribution in [-0.4, -0.2) is 21.5 Å². The van der Waals surface area contributed by atoms with Gasteiger partial charge >= 0.3 is 6.09 Å². The lowest BCUT2D eigenvalue weighted by Gasteiger charge is -2.19. The predicted octanol–water partition coefficient (Wildman–Crippen LogP) is 2.54. The molecule has 0 saturated carbocycles. The number of anilines is 1. The molecule has 3 N–H and O–H groups in total. The lowest BCUT2D eigenvalue weighted by Crippen LogP contribution is -2.32. The molecule has 6 heteroatoms. The van der Waals surface area contributed by atoms with Crippen molar-refractivity contribution in [3.8, 4) is 0 Å². The van der Waals surface area contributed by atoms with E-state index < -0.39 is 11.7 Å². The van der Waals surface area contributed by atoms with Crippen molar-refractivity contribution in [3.63, 3.8) is 0 Å². The van der Waals surface area contributed by atoms with E-state index in [-0.39, 0.29) is 0 Å². The lowest BCUT2D eigenvalue weighted by atomic mass is 10.1. The zero-order chi connectivity index (χ0) is 16.2. The highest BCUT2D eigenvalue weighted by molar-refractivity contribution is 5.67. The number of hydrogen-bond acceptors (Lipinski definition) is 4. The number of benzene rings is 1. The molecule has 1 amide bonds. The van der Waals surface area contributed by atoms with E-state index in [0.29, 0.717) is 18.8 Å². The molecule has 0 aliphatic heterocycles. The van der Waals surface area contributed by atoms with E-state index in [1.807, 2.05) is 45.0 Å². The van der Waals surface area contributed by atoms with Gasteiger partial charge in [-0.3, -0.25) is 4.68 Å². The van der Waals surface area contributed by atoms with Gasteiger partial charge in [0.2, 0.25) is 0 Å². The highest BCUT2D eigenvalue weighted by Gasteiger charge is 2.15. The largest absolute Gasteiger partial charge is 0.444 e. The molecular weight excluding hydrogens is 280 g/mol. The number of nitrogens with one attached hydrogen (secondary N) is 1. The van der Waals surface area contributed by atoms with Crippen LogP contribution in [0.5, 0.6) is 0 Å². The first-order valence-electron chi connectivity index (χ1n) is 7.14. The zero-order valence-electron chi connectivity index (χ0n) is 13.2. The Hall–Kier alpha value is -2.50. The van der Waals surface area contributed by atoms with Crippen LogP contribution >= 0.6 is 0 Å². The average molecular weight is 302 g/mol. The molecule has 6 nitrogen and oxygen atoms in total. The number of alkyl carbamates (subject to hydrolysis) is 1. The van der Waals surface area contributed by atoms with E-state index in [1.54, 1.807) is 17.1 Å². The molecule has 1 aromatic heterocycles. The number of aromatic nitrogens is 2. The minimum atomic E-state index is -0.487. The average Bonchev–Trinajstić information content (AvgIpc) is 2.81. The molecule has 1 heterocycles. The fourth-order valence-corrected chi connectivity index (χ4v) is 1.90. The van der Waals surface area contributed by atoms with Crippen LogP contribution < -0.4 is 11.1 Å². The van der Waals surface area contributed by atoms with Gasteiger partial charge in [-0.25, -0.2) is 4.79 Å². The monoisotopic (exact) mass is 302 g/mol. The number of rotatable bonds is 4. The van der Waals surface area contributed by atoms with Gasteiger partial charge < -0.3 is 15.8 Å². The SMILES string of the molecule is CC(C)(C)OC(=O)NCc1ccc(Cn2cc(N)cn2)cc1. The Balaban J connectivity index is 1.85. The zero-order valence-corrected chi connectivity index (χ0v) is 13.2. The first-order chi connectivity index (χ1) is 10.3. The lowest BCUT2D eigenvalue weighted by molar-refractivity contribution is 0.0523. The minimum absolute atomic E-state index is 0.413. The van der Waals surface area contributed by atoms with Gasteiger partial charge in [-0.1, -0.05) is 24.3 Å². The second kappa shape index (κ2) is 6.51. The van der Waals surface area contributed by atoms with E-state index in [1.165, 1.54) is 0 Å². The predicted molar refractivity (Wildman–Crippen MR) is 85.3 cm³/mol. The maximum Gasteiger partial charge on any atom is 0.407 e. The summed E-state index contributed by atoms with van der Waals surface area (Å²) in [5.74, 6) is 0. The van der Waals surface area contributed by atoms with Gasteiger partial charge in [0, 0.05) is 12.7 Å². The van der Waals surface area contributed by atoms with Crippen LogP contribution in [0.4, 0.5) is 10.5 Å². The van der Waals surface area contributed by atoms with Crippen LogP contribution in [0.2, 0.25) is 0 Å². The van der Waals surface area contributed by atoms with Gasteiger partial charge in [-0.2, -0.15) is 5.10 Å². The van der Waals surface area contributed by atoms with Crippen molar-refractivity contribution < 1.29 is 9.53 Å². The molecule has 0 fully saturated rings. The first kappa shape index (κ1) is 15.9. The van der Waals surface area contributed by atoms with Crippen molar-refractivity contribution in [3.05, 3.63) is 47.8 Å². The van der Waals surface area contributed by atoms with E-state index in [4.69, 9.17) is 10.5 Å². The number of carbonyl (C=O) groups is 1. The second-order valence-corrected chi connectivity index (χ2v) is 6.14. The summed E-state index contributed by atoms with van der Waals surface area (Å²) in [6.07, 6.45) is 3.00. The third-order valence-electron chi connectivity index (χ3n) is 2.86. The van der Waals surface area contributed by atoms with Crippen molar-refractivity contribution >= 4 is 11.8 Å². The van der Waals surface area contributed by atoms with Crippen molar-refractivity contribution in [2.75, 3.05) is 5.73 Å². The van der Waals surface area contributed by atoms with Gasteiger partial charge in [0.25, 0.3) is 0 Å². The van der Waals surface area contributed by atoms with Gasteiger partial charge in [0.05, 0.1) is 18.4 Å². The molecule has 0 bridgehead atoms. The summed E-state index contributed by atoms with van der Waals surface area (Å²) in [5, 5.41) is 6.88. The van der Waals surface area contributed by atoms with E-state index in [9.17, 15) is 4.79 Å². The van der Waals surface area contributed by atoms with Gasteiger partial charge in [0.15, 0.2) is 0 Å². The molecule has 0 aliphatic rings. The number of carbonyl (C=O) groups excluding carboxylic acids is 1. The molecule has 0 radical (unpaired) electrons. The standard InChI is InChI=1S/C16H22N4O2/c1-16(2,3)22-15(21)18-8-12-4-6-13(7-5-12)10-20-11-14(17)9-19-20/h4-7,9,11H,8,10,17H2,1-3H3,(H,18,21). The Morgan fingerprint density at radius 2 is 1.91 bits per heavy atom. The van der Waals surface area contributed by atoms with Crippen LogP contribution in [0.15, 0.2) is 36.7 Å². The molecular formula is C16H22N4O2. The first-order valence-corrected chi connectivity index (χ1v) is 7.14. The molecule has 0 unspecified atom stereocenters. The molecule has 1 aromatic carbocycles. The molecule has 0 saturated heterocycles. The maximum atomic E-state index is 11.6. The number of hydrogen-bond donors (Lipinski definition) is 2. The summed E-state index contributed by atoms with van der Waals surface area (Å²) < 4.78 is 6.97. The second-order valence-electron chi connectivity index (χ2n) is 6.14.